The maximum atomic E-state index is 10.8. The summed E-state index contributed by atoms with van der Waals surface area (Å²) >= 11 is 0. The molecule has 3 heteroatoms. The third kappa shape index (κ3) is 2.42. The Kier molecular flexibility index (Phi) is 3.02. The van der Waals surface area contributed by atoms with E-state index >= 15 is 0 Å². The molecule has 1 aromatic carbocycles. The molecule has 0 fully saturated rings. The van der Waals surface area contributed by atoms with Crippen molar-refractivity contribution in [1.29, 1.82) is 0 Å². The molecule has 0 spiro atoms. The van der Waals surface area contributed by atoms with Gasteiger partial charge in [0.15, 0.2) is 0 Å². The molecule has 74 valence electrons. The monoisotopic (exact) mass is 192 g/mol. The van der Waals surface area contributed by atoms with Gasteiger partial charge in [0, 0.05) is 6.42 Å². The highest BCUT2D eigenvalue weighted by atomic mass is 16.4. The van der Waals surface area contributed by atoms with Crippen LogP contribution < -0.4 is 0 Å². The number of rotatable bonds is 3. The second kappa shape index (κ2) is 4.05. The number of benzene rings is 1. The van der Waals surface area contributed by atoms with Crippen molar-refractivity contribution < 1.29 is 14.7 Å². The van der Waals surface area contributed by atoms with Gasteiger partial charge >= 0.3 is 5.97 Å². The first-order chi connectivity index (χ1) is 6.50. The third-order valence-electron chi connectivity index (χ3n) is 1.99. The topological polar surface area (TPSA) is 54.4 Å². The number of carboxylic acid groups (broad SMARTS) is 1. The number of Topliss-reactive ketones (excluding diaryl/α,β-unsaturated/α-hetero) is 1. The third-order valence-corrected chi connectivity index (χ3v) is 1.99. The summed E-state index contributed by atoms with van der Waals surface area (Å²) in [5.74, 6) is -0.918. The first-order valence-electron chi connectivity index (χ1n) is 4.33. The zero-order valence-corrected chi connectivity index (χ0v) is 8.20. The van der Waals surface area contributed by atoms with E-state index in [0.717, 1.165) is 5.56 Å². The Labute approximate surface area is 82.4 Å². The highest BCUT2D eigenvalue weighted by molar-refractivity contribution is 5.90. The molecule has 0 saturated carbocycles. The fourth-order valence-electron chi connectivity index (χ4n) is 1.30. The van der Waals surface area contributed by atoms with E-state index in [2.05, 4.69) is 0 Å². The van der Waals surface area contributed by atoms with Crippen LogP contribution in [0.3, 0.4) is 0 Å². The first kappa shape index (κ1) is 10.4. The number of carboxylic acids is 1. The van der Waals surface area contributed by atoms with Crippen molar-refractivity contribution in [2.24, 2.45) is 0 Å². The zero-order valence-electron chi connectivity index (χ0n) is 8.20. The molecule has 0 aromatic heterocycles. The number of aromatic carboxylic acids is 1. The molecule has 0 amide bonds. The summed E-state index contributed by atoms with van der Waals surface area (Å²) in [7, 11) is 0. The normalized spacial score (nSPS) is 9.86. The lowest BCUT2D eigenvalue weighted by Gasteiger charge is -2.03. The number of carbonyl (C=O) groups excluding carboxylic acids is 1. The average Bonchev–Trinajstić information content (AvgIpc) is 2.07. The van der Waals surface area contributed by atoms with E-state index in [1.807, 2.05) is 0 Å². The van der Waals surface area contributed by atoms with Gasteiger partial charge in [-0.1, -0.05) is 12.1 Å². The quantitative estimate of drug-likeness (QED) is 0.794. The van der Waals surface area contributed by atoms with Crippen LogP contribution in [0.2, 0.25) is 0 Å². The maximum Gasteiger partial charge on any atom is 0.335 e. The van der Waals surface area contributed by atoms with Crippen LogP contribution in [-0.4, -0.2) is 16.9 Å². The van der Waals surface area contributed by atoms with E-state index in [9.17, 15) is 9.59 Å². The molecule has 0 bridgehead atoms. The fourth-order valence-corrected chi connectivity index (χ4v) is 1.30. The molecule has 0 radical (unpaired) electrons. The van der Waals surface area contributed by atoms with E-state index < -0.39 is 5.97 Å². The van der Waals surface area contributed by atoms with Crippen LogP contribution in [-0.2, 0) is 11.2 Å². The molecule has 0 aliphatic carbocycles. The van der Waals surface area contributed by atoms with Gasteiger partial charge in [-0.05, 0) is 31.0 Å². The number of hydrogen-bond acceptors (Lipinski definition) is 2. The van der Waals surface area contributed by atoms with Crippen LogP contribution in [0, 0.1) is 6.92 Å². The van der Waals surface area contributed by atoms with Crippen LogP contribution in [0.1, 0.15) is 28.4 Å². The molecule has 0 aliphatic rings. The van der Waals surface area contributed by atoms with E-state index in [0.29, 0.717) is 12.0 Å². The fraction of sp³-hybridized carbons (Fsp3) is 0.273. The highest BCUT2D eigenvalue weighted by Crippen LogP contribution is 2.11. The summed E-state index contributed by atoms with van der Waals surface area (Å²) in [6, 6.07) is 5.06. The Balaban J connectivity index is 3.06. The van der Waals surface area contributed by atoms with Gasteiger partial charge in [-0.3, -0.25) is 4.79 Å². The zero-order chi connectivity index (χ0) is 10.7. The lowest BCUT2D eigenvalue weighted by atomic mass is 10.0. The van der Waals surface area contributed by atoms with Gasteiger partial charge < -0.3 is 5.11 Å². The molecule has 0 unspecified atom stereocenters. The van der Waals surface area contributed by atoms with Gasteiger partial charge in [0.2, 0.25) is 0 Å². The lowest BCUT2D eigenvalue weighted by Crippen LogP contribution is -2.03. The molecule has 0 atom stereocenters. The second-order valence-corrected chi connectivity index (χ2v) is 3.33. The summed E-state index contributed by atoms with van der Waals surface area (Å²) in [5.41, 5.74) is 1.73. The number of aryl methyl sites for hydroxylation is 1. The van der Waals surface area contributed by atoms with Crippen molar-refractivity contribution in [2.75, 3.05) is 0 Å². The summed E-state index contributed by atoms with van der Waals surface area (Å²) in [6.45, 7) is 3.22. The Hall–Kier alpha value is -1.64. The van der Waals surface area contributed by atoms with Gasteiger partial charge in [-0.15, -0.1) is 0 Å². The molecule has 14 heavy (non-hydrogen) atoms. The molecule has 1 aromatic rings. The van der Waals surface area contributed by atoms with Gasteiger partial charge in [-0.25, -0.2) is 4.79 Å². The van der Waals surface area contributed by atoms with Gasteiger partial charge in [0.05, 0.1) is 5.56 Å². The minimum absolute atomic E-state index is 0.0326. The molecular weight excluding hydrogens is 180 g/mol. The predicted octanol–water partition coefficient (Wildman–Crippen LogP) is 1.82. The number of carbonyl (C=O) groups is 2. The summed E-state index contributed by atoms with van der Waals surface area (Å²) in [5, 5.41) is 8.84. The summed E-state index contributed by atoms with van der Waals surface area (Å²) in [6.07, 6.45) is 0.292. The Morgan fingerprint density at radius 1 is 1.36 bits per heavy atom. The largest absolute Gasteiger partial charge is 0.478 e. The van der Waals surface area contributed by atoms with Crippen molar-refractivity contribution in [3.05, 3.63) is 34.9 Å². The summed E-state index contributed by atoms with van der Waals surface area (Å²) < 4.78 is 0. The average molecular weight is 192 g/mol. The number of ketones is 1. The Bertz CT molecular complexity index is 380. The SMILES string of the molecule is CC(=O)Cc1ccc(C)c(C(=O)O)c1. The molecule has 3 nitrogen and oxygen atoms in total. The van der Waals surface area contributed by atoms with Crippen LogP contribution in [0.5, 0.6) is 0 Å². The van der Waals surface area contributed by atoms with E-state index in [-0.39, 0.29) is 11.3 Å². The van der Waals surface area contributed by atoms with Crippen molar-refractivity contribution in [3.63, 3.8) is 0 Å². The summed E-state index contributed by atoms with van der Waals surface area (Å²) in [4.78, 5) is 21.6. The molecule has 0 heterocycles. The standard InChI is InChI=1S/C11H12O3/c1-7-3-4-9(5-8(2)12)6-10(7)11(13)14/h3-4,6H,5H2,1-2H3,(H,13,14). The molecule has 0 aliphatic heterocycles. The van der Waals surface area contributed by atoms with Gasteiger partial charge in [0.25, 0.3) is 0 Å². The minimum Gasteiger partial charge on any atom is -0.478 e. The lowest BCUT2D eigenvalue weighted by molar-refractivity contribution is -0.116. The predicted molar refractivity (Wildman–Crippen MR) is 52.5 cm³/mol. The Morgan fingerprint density at radius 2 is 2.00 bits per heavy atom. The van der Waals surface area contributed by atoms with E-state index in [4.69, 9.17) is 5.11 Å². The van der Waals surface area contributed by atoms with Crippen LogP contribution in [0.25, 0.3) is 0 Å². The van der Waals surface area contributed by atoms with Crippen LogP contribution >= 0.6 is 0 Å². The van der Waals surface area contributed by atoms with Crippen LogP contribution in [0.4, 0.5) is 0 Å². The maximum absolute atomic E-state index is 10.8. The smallest absolute Gasteiger partial charge is 0.335 e. The second-order valence-electron chi connectivity index (χ2n) is 3.33. The molecule has 1 N–H and O–H groups in total. The van der Waals surface area contributed by atoms with Gasteiger partial charge in [-0.2, -0.15) is 0 Å². The molecule has 0 saturated heterocycles. The number of hydrogen-bond donors (Lipinski definition) is 1. The van der Waals surface area contributed by atoms with Gasteiger partial charge in [0.1, 0.15) is 5.78 Å². The van der Waals surface area contributed by atoms with E-state index in [1.165, 1.54) is 6.92 Å². The van der Waals surface area contributed by atoms with Crippen molar-refractivity contribution in [3.8, 4) is 0 Å². The van der Waals surface area contributed by atoms with Crippen LogP contribution in [0.15, 0.2) is 18.2 Å². The Morgan fingerprint density at radius 3 is 2.50 bits per heavy atom. The highest BCUT2D eigenvalue weighted by Gasteiger charge is 2.08. The molecular formula is C11H12O3. The molecule has 1 rings (SSSR count). The van der Waals surface area contributed by atoms with E-state index in [1.54, 1.807) is 25.1 Å². The van der Waals surface area contributed by atoms with Crippen molar-refractivity contribution in [2.45, 2.75) is 20.3 Å². The first-order valence-corrected chi connectivity index (χ1v) is 4.33. The van der Waals surface area contributed by atoms with Crippen molar-refractivity contribution >= 4 is 11.8 Å². The van der Waals surface area contributed by atoms with Crippen molar-refractivity contribution in [1.82, 2.24) is 0 Å². The minimum atomic E-state index is -0.951.